The van der Waals surface area contributed by atoms with Gasteiger partial charge < -0.3 is 15.4 Å². The fourth-order valence-corrected chi connectivity index (χ4v) is 1.39. The number of carbonyl (C=O) groups is 1. The average molecular weight is 186 g/mol. The minimum atomic E-state index is 0.0846. The first kappa shape index (κ1) is 10.5. The highest BCUT2D eigenvalue weighted by atomic mass is 16.5. The molecule has 1 rings (SSSR count). The molecule has 4 nitrogen and oxygen atoms in total. The van der Waals surface area contributed by atoms with Gasteiger partial charge in [0.2, 0.25) is 5.91 Å². The van der Waals surface area contributed by atoms with Crippen molar-refractivity contribution in [2.75, 3.05) is 20.2 Å². The molecule has 4 heteroatoms. The van der Waals surface area contributed by atoms with E-state index in [9.17, 15) is 4.79 Å². The monoisotopic (exact) mass is 186 g/mol. The van der Waals surface area contributed by atoms with Gasteiger partial charge in [0.1, 0.15) is 0 Å². The van der Waals surface area contributed by atoms with E-state index in [2.05, 4.69) is 10.6 Å². The number of ether oxygens (including phenoxy) is 1. The Morgan fingerprint density at radius 2 is 2.23 bits per heavy atom. The van der Waals surface area contributed by atoms with Crippen LogP contribution in [0.5, 0.6) is 0 Å². The Kier molecular flexibility index (Phi) is 4.18. The highest BCUT2D eigenvalue weighted by Gasteiger charge is 2.29. The summed E-state index contributed by atoms with van der Waals surface area (Å²) in [6.07, 6.45) is 2.26. The van der Waals surface area contributed by atoms with Crippen molar-refractivity contribution in [1.29, 1.82) is 0 Å². The third kappa shape index (κ3) is 3.32. The molecule has 1 aliphatic rings. The van der Waals surface area contributed by atoms with Crippen molar-refractivity contribution in [3.63, 3.8) is 0 Å². The highest BCUT2D eigenvalue weighted by molar-refractivity contribution is 5.78. The molecule has 0 unspecified atom stereocenters. The summed E-state index contributed by atoms with van der Waals surface area (Å²) in [5.41, 5.74) is 0. The normalized spacial score (nSPS) is 26.6. The molecular weight excluding hydrogens is 168 g/mol. The van der Waals surface area contributed by atoms with Crippen molar-refractivity contribution in [3.05, 3.63) is 0 Å². The van der Waals surface area contributed by atoms with E-state index in [-0.39, 0.29) is 5.91 Å². The summed E-state index contributed by atoms with van der Waals surface area (Å²) in [7, 11) is 1.71. The molecule has 0 aromatic carbocycles. The molecule has 0 spiro atoms. The third-order valence-electron chi connectivity index (χ3n) is 2.33. The van der Waals surface area contributed by atoms with Crippen LogP contribution in [0.3, 0.4) is 0 Å². The van der Waals surface area contributed by atoms with Crippen LogP contribution < -0.4 is 10.6 Å². The van der Waals surface area contributed by atoms with E-state index in [1.54, 1.807) is 7.11 Å². The summed E-state index contributed by atoms with van der Waals surface area (Å²) in [4.78, 5) is 11.2. The van der Waals surface area contributed by atoms with Crippen LogP contribution in [0.4, 0.5) is 0 Å². The Morgan fingerprint density at radius 1 is 1.54 bits per heavy atom. The van der Waals surface area contributed by atoms with E-state index < -0.39 is 0 Å². The second-order valence-electron chi connectivity index (χ2n) is 3.37. The van der Waals surface area contributed by atoms with Crippen molar-refractivity contribution >= 4 is 5.91 Å². The SMILES string of the molecule is CCNCC(=O)NC1CC(OC)C1. The van der Waals surface area contributed by atoms with Gasteiger partial charge >= 0.3 is 0 Å². The molecule has 0 saturated heterocycles. The molecule has 0 bridgehead atoms. The molecule has 76 valence electrons. The van der Waals surface area contributed by atoms with E-state index in [0.717, 1.165) is 19.4 Å². The van der Waals surface area contributed by atoms with Gasteiger partial charge in [-0.3, -0.25) is 4.79 Å². The summed E-state index contributed by atoms with van der Waals surface area (Å²) < 4.78 is 5.11. The van der Waals surface area contributed by atoms with Gasteiger partial charge in [0.05, 0.1) is 12.6 Å². The maximum absolute atomic E-state index is 11.2. The molecule has 0 radical (unpaired) electrons. The predicted molar refractivity (Wildman–Crippen MR) is 50.5 cm³/mol. The lowest BCUT2D eigenvalue weighted by Crippen LogP contribution is -2.49. The molecular formula is C9H18N2O2. The van der Waals surface area contributed by atoms with Gasteiger partial charge in [0.15, 0.2) is 0 Å². The molecule has 2 N–H and O–H groups in total. The average Bonchev–Trinajstić information content (AvgIpc) is 2.07. The van der Waals surface area contributed by atoms with Gasteiger partial charge in [-0.05, 0) is 19.4 Å². The van der Waals surface area contributed by atoms with E-state index in [1.165, 1.54) is 0 Å². The van der Waals surface area contributed by atoms with Crippen LogP contribution in [-0.2, 0) is 9.53 Å². The van der Waals surface area contributed by atoms with Gasteiger partial charge in [-0.1, -0.05) is 6.92 Å². The van der Waals surface area contributed by atoms with E-state index in [0.29, 0.717) is 18.7 Å². The number of hydrogen-bond acceptors (Lipinski definition) is 3. The first-order valence-electron chi connectivity index (χ1n) is 4.79. The van der Waals surface area contributed by atoms with Gasteiger partial charge in [-0.25, -0.2) is 0 Å². The molecule has 1 saturated carbocycles. The topological polar surface area (TPSA) is 50.4 Å². The van der Waals surface area contributed by atoms with Crippen molar-refractivity contribution in [2.45, 2.75) is 31.9 Å². The lowest BCUT2D eigenvalue weighted by Gasteiger charge is -2.34. The van der Waals surface area contributed by atoms with Crippen LogP contribution >= 0.6 is 0 Å². The van der Waals surface area contributed by atoms with Crippen LogP contribution in [0.25, 0.3) is 0 Å². The van der Waals surface area contributed by atoms with E-state index in [4.69, 9.17) is 4.74 Å². The van der Waals surface area contributed by atoms with Crippen LogP contribution in [0.1, 0.15) is 19.8 Å². The fourth-order valence-electron chi connectivity index (χ4n) is 1.39. The smallest absolute Gasteiger partial charge is 0.234 e. The minimum absolute atomic E-state index is 0.0846. The molecule has 0 aromatic heterocycles. The number of rotatable bonds is 5. The molecule has 13 heavy (non-hydrogen) atoms. The molecule has 1 aliphatic carbocycles. The molecule has 1 fully saturated rings. The number of carbonyl (C=O) groups excluding carboxylic acids is 1. The van der Waals surface area contributed by atoms with Gasteiger partial charge in [-0.15, -0.1) is 0 Å². The second kappa shape index (κ2) is 5.19. The second-order valence-corrected chi connectivity index (χ2v) is 3.37. The molecule has 0 atom stereocenters. The number of nitrogens with one attached hydrogen (secondary N) is 2. The Morgan fingerprint density at radius 3 is 2.77 bits per heavy atom. The van der Waals surface area contributed by atoms with Crippen LogP contribution in [0.15, 0.2) is 0 Å². The Bertz CT molecular complexity index is 167. The van der Waals surface area contributed by atoms with Crippen molar-refractivity contribution < 1.29 is 9.53 Å². The number of likely N-dealkylation sites (N-methyl/N-ethyl adjacent to an activating group) is 1. The lowest BCUT2D eigenvalue weighted by atomic mass is 9.89. The zero-order valence-corrected chi connectivity index (χ0v) is 8.30. The fraction of sp³-hybridized carbons (Fsp3) is 0.889. The van der Waals surface area contributed by atoms with Gasteiger partial charge in [0, 0.05) is 13.2 Å². The minimum Gasteiger partial charge on any atom is -0.381 e. The standard InChI is InChI=1S/C9H18N2O2/c1-3-10-6-9(12)11-7-4-8(5-7)13-2/h7-8,10H,3-6H2,1-2H3,(H,11,12). The molecule has 1 amide bonds. The molecule has 0 aliphatic heterocycles. The molecule has 0 heterocycles. The quantitative estimate of drug-likeness (QED) is 0.630. The highest BCUT2D eigenvalue weighted by Crippen LogP contribution is 2.22. The van der Waals surface area contributed by atoms with Crippen LogP contribution in [0, 0.1) is 0 Å². The zero-order chi connectivity index (χ0) is 9.68. The first-order chi connectivity index (χ1) is 6.26. The molecule has 0 aromatic rings. The summed E-state index contributed by atoms with van der Waals surface area (Å²) in [6, 6.07) is 0.330. The lowest BCUT2D eigenvalue weighted by molar-refractivity contribution is -0.122. The number of amides is 1. The van der Waals surface area contributed by atoms with Crippen molar-refractivity contribution in [3.8, 4) is 0 Å². The van der Waals surface area contributed by atoms with Crippen LogP contribution in [0.2, 0.25) is 0 Å². The Hall–Kier alpha value is -0.610. The summed E-state index contributed by atoms with van der Waals surface area (Å²) >= 11 is 0. The number of hydrogen-bond donors (Lipinski definition) is 2. The Balaban J connectivity index is 2.03. The van der Waals surface area contributed by atoms with Gasteiger partial charge in [-0.2, -0.15) is 0 Å². The Labute approximate surface area is 79.0 Å². The summed E-state index contributed by atoms with van der Waals surface area (Å²) in [5, 5.41) is 5.92. The van der Waals surface area contributed by atoms with Crippen molar-refractivity contribution in [2.24, 2.45) is 0 Å². The third-order valence-corrected chi connectivity index (χ3v) is 2.33. The van der Waals surface area contributed by atoms with E-state index in [1.807, 2.05) is 6.92 Å². The van der Waals surface area contributed by atoms with Gasteiger partial charge in [0.25, 0.3) is 0 Å². The largest absolute Gasteiger partial charge is 0.381 e. The zero-order valence-electron chi connectivity index (χ0n) is 8.30. The van der Waals surface area contributed by atoms with Crippen molar-refractivity contribution in [1.82, 2.24) is 10.6 Å². The van der Waals surface area contributed by atoms with E-state index >= 15 is 0 Å². The summed E-state index contributed by atoms with van der Waals surface area (Å²) in [5.74, 6) is 0.0846. The first-order valence-corrected chi connectivity index (χ1v) is 4.79. The summed E-state index contributed by atoms with van der Waals surface area (Å²) in [6.45, 7) is 3.24. The maximum atomic E-state index is 11.2. The predicted octanol–water partition coefficient (Wildman–Crippen LogP) is -0.110. The van der Waals surface area contributed by atoms with Crippen LogP contribution in [-0.4, -0.2) is 38.3 Å². The number of methoxy groups -OCH3 is 1. The maximum Gasteiger partial charge on any atom is 0.234 e.